The van der Waals surface area contributed by atoms with Crippen molar-refractivity contribution in [2.75, 3.05) is 0 Å². The van der Waals surface area contributed by atoms with Gasteiger partial charge in [0.25, 0.3) is 0 Å². The highest BCUT2D eigenvalue weighted by molar-refractivity contribution is 6.23. The first kappa shape index (κ1) is 29.4. The lowest BCUT2D eigenvalue weighted by Crippen LogP contribution is -1.93. The van der Waals surface area contributed by atoms with Crippen molar-refractivity contribution in [1.82, 2.24) is 4.57 Å². The lowest BCUT2D eigenvalue weighted by molar-refractivity contribution is 0.669. The van der Waals surface area contributed by atoms with Gasteiger partial charge >= 0.3 is 0 Å². The van der Waals surface area contributed by atoms with E-state index in [1.807, 2.05) is 0 Å². The quantitative estimate of drug-likeness (QED) is 0.134. The molecule has 0 aliphatic heterocycles. The molecule has 0 bridgehead atoms. The van der Waals surface area contributed by atoms with Gasteiger partial charge in [-0.3, -0.25) is 0 Å². The molecule has 0 N–H and O–H groups in total. The molecule has 0 amide bonds. The van der Waals surface area contributed by atoms with Gasteiger partial charge in [-0.05, 0) is 120 Å². The number of rotatable bonds is 3. The fourth-order valence-corrected chi connectivity index (χ4v) is 9.17. The van der Waals surface area contributed by atoms with Crippen LogP contribution < -0.4 is 0 Å². The predicted octanol–water partition coefficient (Wildman–Crippen LogP) is 14.6. The Kier molecular flexibility index (Phi) is 6.09. The summed E-state index contributed by atoms with van der Waals surface area (Å²) in [6, 6.07) is 68.5. The minimum absolute atomic E-state index is 0.902. The van der Waals surface area contributed by atoms with E-state index >= 15 is 0 Å². The third kappa shape index (κ3) is 4.17. The molecule has 2 heteroatoms. The Morgan fingerprint density at radius 3 is 1.59 bits per heavy atom. The Morgan fingerprint density at radius 1 is 0.296 bits per heavy atom. The number of fused-ring (bicyclic) bond motifs is 11. The van der Waals surface area contributed by atoms with Crippen LogP contribution in [-0.2, 0) is 0 Å². The van der Waals surface area contributed by atoms with Gasteiger partial charge in [0.1, 0.15) is 11.2 Å². The average molecular weight is 686 g/mol. The van der Waals surface area contributed by atoms with Crippen LogP contribution in [-0.4, -0.2) is 4.57 Å². The topological polar surface area (TPSA) is 18.1 Å². The maximum atomic E-state index is 6.66. The molecule has 54 heavy (non-hydrogen) atoms. The zero-order chi connectivity index (χ0) is 35.3. The lowest BCUT2D eigenvalue weighted by atomic mass is 9.85. The summed E-state index contributed by atoms with van der Waals surface area (Å²) in [5.74, 6) is 0. The molecular weight excluding hydrogens is 655 g/mol. The van der Waals surface area contributed by atoms with E-state index in [-0.39, 0.29) is 0 Å². The summed E-state index contributed by atoms with van der Waals surface area (Å²) in [7, 11) is 0. The van der Waals surface area contributed by atoms with Crippen molar-refractivity contribution in [2.45, 2.75) is 0 Å². The van der Waals surface area contributed by atoms with E-state index in [9.17, 15) is 0 Å². The Balaban J connectivity index is 1.09. The summed E-state index contributed by atoms with van der Waals surface area (Å²) in [4.78, 5) is 0. The zero-order valence-corrected chi connectivity index (χ0v) is 29.3. The molecule has 2 aromatic heterocycles. The SMILES string of the molecule is c1ccc(-n2c3ccccc3c3cc(-c4c5ccccc5c(-c5ccc6c(c5)oc5cc7ccc8ccccc8c7cc56)c5ccccc45)ccc32)cc1. The smallest absolute Gasteiger partial charge is 0.136 e. The Labute approximate surface area is 310 Å². The molecule has 12 aromatic rings. The van der Waals surface area contributed by atoms with Gasteiger partial charge in [-0.1, -0.05) is 133 Å². The molecule has 0 saturated carbocycles. The number of para-hydroxylation sites is 2. The normalized spacial score (nSPS) is 12.1. The van der Waals surface area contributed by atoms with Crippen LogP contribution in [0.4, 0.5) is 0 Å². The number of hydrogen-bond acceptors (Lipinski definition) is 1. The summed E-state index contributed by atoms with van der Waals surface area (Å²) in [5, 5.41) is 14.7. The number of benzene rings is 10. The molecular formula is C52H31NO. The minimum atomic E-state index is 0.902. The van der Waals surface area contributed by atoms with Gasteiger partial charge in [-0.2, -0.15) is 0 Å². The molecule has 0 radical (unpaired) electrons. The van der Waals surface area contributed by atoms with Crippen molar-refractivity contribution in [3.05, 3.63) is 188 Å². The van der Waals surface area contributed by atoms with Gasteiger partial charge in [0, 0.05) is 27.2 Å². The molecule has 0 unspecified atom stereocenters. The first-order valence-electron chi connectivity index (χ1n) is 18.6. The molecule has 0 aliphatic carbocycles. The van der Waals surface area contributed by atoms with E-state index in [4.69, 9.17) is 4.42 Å². The van der Waals surface area contributed by atoms with Gasteiger partial charge in [-0.15, -0.1) is 0 Å². The number of aromatic nitrogens is 1. The Bertz CT molecular complexity index is 3440. The average Bonchev–Trinajstić information content (AvgIpc) is 3.76. The molecule has 0 fully saturated rings. The van der Waals surface area contributed by atoms with Crippen LogP contribution in [0.1, 0.15) is 0 Å². The molecule has 2 nitrogen and oxygen atoms in total. The highest BCUT2D eigenvalue weighted by atomic mass is 16.3. The molecule has 0 atom stereocenters. The molecule has 2 heterocycles. The summed E-state index contributed by atoms with van der Waals surface area (Å²) < 4.78 is 9.04. The fourth-order valence-electron chi connectivity index (χ4n) is 9.17. The highest BCUT2D eigenvalue weighted by Crippen LogP contribution is 2.46. The standard InChI is InChI=1S/C52H31NO/c1-2-13-36(14-3-1)53-47-21-11-10-16-38(47)45-28-34(25-27-48(45)53)51-40-17-6-8-19-42(40)52(43-20-9-7-18-41(43)51)35-24-26-39-46-31-44-33(29-50(46)54-49(39)30-35)23-22-32-12-4-5-15-37(32)44/h1-31H. The van der Waals surface area contributed by atoms with E-state index in [1.165, 1.54) is 87.3 Å². The van der Waals surface area contributed by atoms with Crippen LogP contribution in [0.25, 0.3) is 115 Å². The largest absolute Gasteiger partial charge is 0.456 e. The zero-order valence-electron chi connectivity index (χ0n) is 29.3. The Hall–Kier alpha value is -7.16. The molecule has 0 spiro atoms. The number of furan rings is 1. The van der Waals surface area contributed by atoms with Crippen molar-refractivity contribution in [3.8, 4) is 27.9 Å². The highest BCUT2D eigenvalue weighted by Gasteiger charge is 2.20. The van der Waals surface area contributed by atoms with Crippen molar-refractivity contribution in [3.63, 3.8) is 0 Å². The molecule has 0 aliphatic rings. The van der Waals surface area contributed by atoms with Gasteiger partial charge in [0.05, 0.1) is 11.0 Å². The van der Waals surface area contributed by atoms with E-state index in [2.05, 4.69) is 193 Å². The van der Waals surface area contributed by atoms with Crippen LogP contribution in [0.2, 0.25) is 0 Å². The number of hydrogen-bond donors (Lipinski definition) is 0. The molecule has 12 rings (SSSR count). The van der Waals surface area contributed by atoms with Crippen LogP contribution in [0, 0.1) is 0 Å². The van der Waals surface area contributed by atoms with E-state index in [1.54, 1.807) is 0 Å². The van der Waals surface area contributed by atoms with Crippen molar-refractivity contribution in [1.29, 1.82) is 0 Å². The second kappa shape index (κ2) is 11.2. The van der Waals surface area contributed by atoms with Crippen molar-refractivity contribution < 1.29 is 4.42 Å². The molecule has 10 aromatic carbocycles. The fraction of sp³-hybridized carbons (Fsp3) is 0. The first-order valence-corrected chi connectivity index (χ1v) is 18.6. The second-order valence-electron chi connectivity index (χ2n) is 14.4. The van der Waals surface area contributed by atoms with Crippen LogP contribution in [0.5, 0.6) is 0 Å². The minimum Gasteiger partial charge on any atom is -0.456 e. The first-order chi connectivity index (χ1) is 26.8. The molecule has 0 saturated heterocycles. The van der Waals surface area contributed by atoms with E-state index in [0.717, 1.165) is 27.5 Å². The summed E-state index contributed by atoms with van der Waals surface area (Å²) in [6.45, 7) is 0. The predicted molar refractivity (Wildman–Crippen MR) is 229 cm³/mol. The summed E-state index contributed by atoms with van der Waals surface area (Å²) in [6.07, 6.45) is 0. The second-order valence-corrected chi connectivity index (χ2v) is 14.4. The summed E-state index contributed by atoms with van der Waals surface area (Å²) >= 11 is 0. The Morgan fingerprint density at radius 2 is 0.852 bits per heavy atom. The molecule has 250 valence electrons. The maximum absolute atomic E-state index is 6.66. The lowest BCUT2D eigenvalue weighted by Gasteiger charge is -2.18. The van der Waals surface area contributed by atoms with E-state index in [0.29, 0.717) is 0 Å². The van der Waals surface area contributed by atoms with Gasteiger partial charge in [0.15, 0.2) is 0 Å². The summed E-state index contributed by atoms with van der Waals surface area (Å²) in [5.41, 5.74) is 10.2. The van der Waals surface area contributed by atoms with Gasteiger partial charge < -0.3 is 8.98 Å². The van der Waals surface area contributed by atoms with Crippen molar-refractivity contribution >= 4 is 86.8 Å². The third-order valence-electron chi connectivity index (χ3n) is 11.5. The van der Waals surface area contributed by atoms with Crippen LogP contribution in [0.3, 0.4) is 0 Å². The van der Waals surface area contributed by atoms with Gasteiger partial charge in [0.2, 0.25) is 0 Å². The number of nitrogens with zero attached hydrogens (tertiary/aromatic N) is 1. The van der Waals surface area contributed by atoms with E-state index < -0.39 is 0 Å². The maximum Gasteiger partial charge on any atom is 0.136 e. The van der Waals surface area contributed by atoms with Crippen LogP contribution >= 0.6 is 0 Å². The van der Waals surface area contributed by atoms with Crippen molar-refractivity contribution in [2.24, 2.45) is 0 Å². The monoisotopic (exact) mass is 685 g/mol. The van der Waals surface area contributed by atoms with Gasteiger partial charge in [-0.25, -0.2) is 0 Å². The third-order valence-corrected chi connectivity index (χ3v) is 11.5. The van der Waals surface area contributed by atoms with Crippen LogP contribution in [0.15, 0.2) is 192 Å².